The topological polar surface area (TPSA) is 73.6 Å². The third-order valence-electron chi connectivity index (χ3n) is 7.34. The van der Waals surface area contributed by atoms with Crippen LogP contribution in [-0.4, -0.2) is 25.2 Å². The van der Waals surface area contributed by atoms with Crippen molar-refractivity contribution in [3.05, 3.63) is 22.2 Å². The van der Waals surface area contributed by atoms with Gasteiger partial charge in [-0.15, -0.1) is 0 Å². The van der Waals surface area contributed by atoms with Crippen molar-refractivity contribution in [3.63, 3.8) is 0 Å². The minimum atomic E-state index is -0.505. The Morgan fingerprint density at radius 3 is 2.38 bits per heavy atom. The second-order valence-electron chi connectivity index (χ2n) is 9.48. The number of nitrogens with two attached hydrogens (primary N) is 1. The number of halogens is 1. The molecular formula is C23H33BrN2O3. The molecule has 4 saturated carbocycles. The standard InChI is InChI=1S/C23H33BrN2O3/c1-3-28-20-8-18(7-19(24)22(20)29-13-21(25)27)12-26-14(2)23-9-15-4-16(10-23)6-17(5-15)11-23/h7-8,14-17,26H,3-6,9-13H2,1-2H3,(H2,25,27)/t14-,15?,16?,17?,23?/m0/s1. The third kappa shape index (κ3) is 4.43. The molecule has 5 rings (SSSR count). The van der Waals surface area contributed by atoms with Gasteiger partial charge in [0.15, 0.2) is 18.1 Å². The van der Waals surface area contributed by atoms with Crippen molar-refractivity contribution in [1.29, 1.82) is 0 Å². The molecule has 0 aliphatic heterocycles. The molecule has 0 unspecified atom stereocenters. The van der Waals surface area contributed by atoms with Crippen LogP contribution in [0.15, 0.2) is 16.6 Å². The molecule has 6 heteroatoms. The molecule has 0 spiro atoms. The molecule has 29 heavy (non-hydrogen) atoms. The molecule has 1 amide bonds. The van der Waals surface area contributed by atoms with Gasteiger partial charge in [-0.05, 0) is 109 Å². The lowest BCUT2D eigenvalue weighted by Crippen LogP contribution is -2.54. The van der Waals surface area contributed by atoms with Crippen LogP contribution < -0.4 is 20.5 Å². The van der Waals surface area contributed by atoms with Crippen molar-refractivity contribution in [2.45, 2.75) is 65.0 Å². The summed E-state index contributed by atoms with van der Waals surface area (Å²) in [5.74, 6) is 3.56. The van der Waals surface area contributed by atoms with Crippen molar-refractivity contribution in [2.24, 2.45) is 28.9 Å². The summed E-state index contributed by atoms with van der Waals surface area (Å²) in [7, 11) is 0. The Labute approximate surface area is 182 Å². The highest BCUT2D eigenvalue weighted by atomic mass is 79.9. The van der Waals surface area contributed by atoms with Crippen molar-refractivity contribution < 1.29 is 14.3 Å². The van der Waals surface area contributed by atoms with E-state index in [-0.39, 0.29) is 6.61 Å². The number of nitrogens with one attached hydrogen (secondary N) is 1. The van der Waals surface area contributed by atoms with E-state index < -0.39 is 5.91 Å². The second kappa shape index (κ2) is 8.46. The first-order valence-corrected chi connectivity index (χ1v) is 11.8. The van der Waals surface area contributed by atoms with E-state index in [1.807, 2.05) is 19.1 Å². The predicted octanol–water partition coefficient (Wildman–Crippen LogP) is 4.41. The first kappa shape index (κ1) is 21.0. The van der Waals surface area contributed by atoms with Crippen LogP contribution in [0.5, 0.6) is 11.5 Å². The Kier molecular flexibility index (Phi) is 6.12. The van der Waals surface area contributed by atoms with Crippen molar-refractivity contribution in [1.82, 2.24) is 5.32 Å². The van der Waals surface area contributed by atoms with Gasteiger partial charge in [0, 0.05) is 12.6 Å². The van der Waals surface area contributed by atoms with E-state index in [0.717, 1.165) is 34.3 Å². The minimum Gasteiger partial charge on any atom is -0.490 e. The summed E-state index contributed by atoms with van der Waals surface area (Å²) >= 11 is 3.57. The SMILES string of the molecule is CCOc1cc(CN[C@@H](C)C23CC4CC(CC(C4)C2)C3)cc(Br)c1OCC(N)=O. The van der Waals surface area contributed by atoms with Gasteiger partial charge in [0.2, 0.25) is 0 Å². The zero-order valence-electron chi connectivity index (χ0n) is 17.5. The van der Waals surface area contributed by atoms with Gasteiger partial charge in [0.25, 0.3) is 5.91 Å². The molecule has 1 aromatic carbocycles. The monoisotopic (exact) mass is 464 g/mol. The van der Waals surface area contributed by atoms with Crippen LogP contribution in [0.2, 0.25) is 0 Å². The third-order valence-corrected chi connectivity index (χ3v) is 7.93. The quantitative estimate of drug-likeness (QED) is 0.567. The first-order chi connectivity index (χ1) is 13.9. The number of rotatable bonds is 9. The van der Waals surface area contributed by atoms with E-state index >= 15 is 0 Å². The number of carbonyl (C=O) groups excluding carboxylic acids is 1. The largest absolute Gasteiger partial charge is 0.490 e. The van der Waals surface area contributed by atoms with Crippen LogP contribution in [-0.2, 0) is 11.3 Å². The van der Waals surface area contributed by atoms with Gasteiger partial charge in [0.05, 0.1) is 11.1 Å². The van der Waals surface area contributed by atoms with Crippen molar-refractivity contribution in [2.75, 3.05) is 13.2 Å². The molecule has 4 aliphatic rings. The maximum Gasteiger partial charge on any atom is 0.255 e. The average molecular weight is 465 g/mol. The van der Waals surface area contributed by atoms with Crippen LogP contribution in [0.4, 0.5) is 0 Å². The highest BCUT2D eigenvalue weighted by Crippen LogP contribution is 2.61. The lowest BCUT2D eigenvalue weighted by molar-refractivity contribution is -0.119. The molecule has 4 bridgehead atoms. The highest BCUT2D eigenvalue weighted by Gasteiger charge is 2.52. The molecule has 5 nitrogen and oxygen atoms in total. The van der Waals surface area contributed by atoms with Crippen LogP contribution in [0.3, 0.4) is 0 Å². The van der Waals surface area contributed by atoms with Gasteiger partial charge < -0.3 is 20.5 Å². The summed E-state index contributed by atoms with van der Waals surface area (Å²) < 4.78 is 12.1. The maximum absolute atomic E-state index is 11.1. The Hall–Kier alpha value is -1.27. The van der Waals surface area contributed by atoms with E-state index in [1.165, 1.54) is 38.5 Å². The molecule has 0 heterocycles. The first-order valence-electron chi connectivity index (χ1n) is 11.0. The van der Waals surface area contributed by atoms with Gasteiger partial charge in [0.1, 0.15) is 0 Å². The molecule has 160 valence electrons. The Morgan fingerprint density at radius 2 is 1.83 bits per heavy atom. The molecule has 0 saturated heterocycles. The van der Waals surface area contributed by atoms with Crippen molar-refractivity contribution in [3.8, 4) is 11.5 Å². The van der Waals surface area contributed by atoms with Crippen LogP contribution in [0, 0.1) is 23.2 Å². The zero-order valence-corrected chi connectivity index (χ0v) is 19.1. The molecule has 0 radical (unpaired) electrons. The zero-order chi connectivity index (χ0) is 20.6. The van der Waals surface area contributed by atoms with Crippen LogP contribution in [0.1, 0.15) is 57.9 Å². The molecular weight excluding hydrogens is 432 g/mol. The molecule has 0 aromatic heterocycles. The fourth-order valence-corrected chi connectivity index (χ4v) is 7.07. The van der Waals surface area contributed by atoms with E-state index in [1.54, 1.807) is 0 Å². The smallest absolute Gasteiger partial charge is 0.255 e. The summed E-state index contributed by atoms with van der Waals surface area (Å²) in [6, 6.07) is 4.55. The Morgan fingerprint density at radius 1 is 1.21 bits per heavy atom. The summed E-state index contributed by atoms with van der Waals surface area (Å²) in [4.78, 5) is 11.1. The highest BCUT2D eigenvalue weighted by molar-refractivity contribution is 9.10. The minimum absolute atomic E-state index is 0.167. The lowest BCUT2D eigenvalue weighted by Gasteiger charge is -2.59. The van der Waals surface area contributed by atoms with Gasteiger partial charge in [-0.3, -0.25) is 4.79 Å². The average Bonchev–Trinajstić information content (AvgIpc) is 2.64. The van der Waals surface area contributed by atoms with Crippen LogP contribution >= 0.6 is 15.9 Å². The van der Waals surface area contributed by atoms with E-state index in [2.05, 4.69) is 28.2 Å². The number of primary amides is 1. The number of benzene rings is 1. The molecule has 4 fully saturated rings. The van der Waals surface area contributed by atoms with Gasteiger partial charge in [-0.1, -0.05) is 0 Å². The fraction of sp³-hybridized carbons (Fsp3) is 0.696. The Bertz CT molecular complexity index is 731. The number of amides is 1. The number of ether oxygens (including phenoxy) is 2. The van der Waals surface area contributed by atoms with Crippen LogP contribution in [0.25, 0.3) is 0 Å². The normalized spacial score (nSPS) is 30.9. The lowest BCUT2D eigenvalue weighted by atomic mass is 9.48. The van der Waals surface area contributed by atoms with Gasteiger partial charge >= 0.3 is 0 Å². The number of carbonyl (C=O) groups is 1. The molecule has 4 aliphatic carbocycles. The van der Waals surface area contributed by atoms with E-state index in [0.29, 0.717) is 29.6 Å². The van der Waals surface area contributed by atoms with E-state index in [9.17, 15) is 4.79 Å². The molecule has 1 aromatic rings. The molecule has 3 N–H and O–H groups in total. The molecule has 1 atom stereocenters. The van der Waals surface area contributed by atoms with Gasteiger partial charge in [-0.2, -0.15) is 0 Å². The summed E-state index contributed by atoms with van der Waals surface area (Å²) in [5, 5.41) is 3.83. The van der Waals surface area contributed by atoms with Gasteiger partial charge in [-0.25, -0.2) is 0 Å². The van der Waals surface area contributed by atoms with E-state index in [4.69, 9.17) is 15.2 Å². The van der Waals surface area contributed by atoms with Crippen molar-refractivity contribution >= 4 is 21.8 Å². The summed E-state index contributed by atoms with van der Waals surface area (Å²) in [6.45, 7) is 5.47. The maximum atomic E-state index is 11.1. The summed E-state index contributed by atoms with van der Waals surface area (Å²) in [6.07, 6.45) is 8.64. The predicted molar refractivity (Wildman–Crippen MR) is 117 cm³/mol. The Balaban J connectivity index is 1.44. The number of hydrogen-bond acceptors (Lipinski definition) is 4. The summed E-state index contributed by atoms with van der Waals surface area (Å²) in [5.41, 5.74) is 6.85. The number of hydrogen-bond donors (Lipinski definition) is 2. The second-order valence-corrected chi connectivity index (χ2v) is 10.3. The fourth-order valence-electron chi connectivity index (χ4n) is 6.47.